The van der Waals surface area contributed by atoms with E-state index in [4.69, 9.17) is 0 Å². The van der Waals surface area contributed by atoms with Gasteiger partial charge in [-0.25, -0.2) is 0 Å². The van der Waals surface area contributed by atoms with Crippen LogP contribution in [-0.4, -0.2) is 71.7 Å². The molecule has 0 unspecified atom stereocenters. The van der Waals surface area contributed by atoms with Crippen LogP contribution in [0, 0.1) is 6.92 Å². The molecule has 1 amide bonds. The zero-order valence-electron chi connectivity index (χ0n) is 18.1. The van der Waals surface area contributed by atoms with Crippen LogP contribution < -0.4 is 4.90 Å². The third kappa shape index (κ3) is 4.12. The molecule has 2 saturated heterocycles. The molecule has 0 atom stereocenters. The molecule has 0 bridgehead atoms. The summed E-state index contributed by atoms with van der Waals surface area (Å²) in [4.78, 5) is 19.2. The average Bonchev–Trinajstić information content (AvgIpc) is 3.32. The van der Waals surface area contributed by atoms with Gasteiger partial charge in [-0.15, -0.1) is 10.2 Å². The molecule has 3 heterocycles. The van der Waals surface area contributed by atoms with Crippen LogP contribution in [0.2, 0.25) is 0 Å². The van der Waals surface area contributed by atoms with Crippen molar-refractivity contribution < 1.29 is 4.79 Å². The number of fused-ring (bicyclic) bond motifs is 1. The van der Waals surface area contributed by atoms with E-state index in [0.29, 0.717) is 6.54 Å². The summed E-state index contributed by atoms with van der Waals surface area (Å²) in [5, 5.41) is 11.5. The zero-order valence-corrected chi connectivity index (χ0v) is 18.1. The maximum Gasteiger partial charge on any atom is 0.236 e. The van der Waals surface area contributed by atoms with Crippen LogP contribution in [-0.2, 0) is 4.79 Å². The third-order valence-electron chi connectivity index (χ3n) is 6.48. The first-order chi connectivity index (χ1) is 15.2. The Bertz CT molecular complexity index is 1070. The van der Waals surface area contributed by atoms with Crippen LogP contribution in [0.5, 0.6) is 0 Å². The van der Waals surface area contributed by atoms with Crippen molar-refractivity contribution >= 4 is 22.5 Å². The summed E-state index contributed by atoms with van der Waals surface area (Å²) in [5.74, 6) is 1.17. The van der Waals surface area contributed by atoms with Crippen molar-refractivity contribution in [3.63, 3.8) is 0 Å². The van der Waals surface area contributed by atoms with Crippen LogP contribution in [0.4, 0.5) is 5.82 Å². The van der Waals surface area contributed by atoms with E-state index in [-0.39, 0.29) is 5.91 Å². The maximum absolute atomic E-state index is 12.7. The summed E-state index contributed by atoms with van der Waals surface area (Å²) in [5.41, 5.74) is 3.23. The number of rotatable bonds is 4. The summed E-state index contributed by atoms with van der Waals surface area (Å²) in [6.45, 7) is 7.81. The van der Waals surface area contributed by atoms with E-state index in [1.54, 1.807) is 0 Å². The number of benzene rings is 2. The number of aryl methyl sites for hydroxylation is 1. The largest absolute Gasteiger partial charge is 0.351 e. The molecule has 2 aliphatic heterocycles. The van der Waals surface area contributed by atoms with Gasteiger partial charge in [-0.2, -0.15) is 0 Å². The van der Waals surface area contributed by atoms with E-state index in [1.807, 2.05) is 4.90 Å². The second-order valence-electron chi connectivity index (χ2n) is 8.63. The summed E-state index contributed by atoms with van der Waals surface area (Å²) in [6.07, 6.45) is 2.43. The van der Waals surface area contributed by atoms with Crippen LogP contribution in [0.15, 0.2) is 48.5 Å². The Labute approximate surface area is 183 Å². The molecule has 6 heteroatoms. The van der Waals surface area contributed by atoms with Gasteiger partial charge in [-0.3, -0.25) is 9.69 Å². The quantitative estimate of drug-likeness (QED) is 0.654. The number of aromatic nitrogens is 2. The van der Waals surface area contributed by atoms with Crippen LogP contribution in [0.3, 0.4) is 0 Å². The van der Waals surface area contributed by atoms with E-state index in [2.05, 4.69) is 75.5 Å². The van der Waals surface area contributed by atoms with Crippen molar-refractivity contribution in [3.05, 3.63) is 54.1 Å². The monoisotopic (exact) mass is 415 g/mol. The standard InChI is InChI=1S/C25H29N5O/c1-19-8-10-20(11-9-19)24-21-6-2-3-7-22(21)25(27-26-24)30-16-14-29(15-17-30)23(31)18-28-12-4-5-13-28/h2-3,6-11H,4-5,12-18H2,1H3. The van der Waals surface area contributed by atoms with Crippen LogP contribution >= 0.6 is 0 Å². The number of anilines is 1. The molecule has 2 fully saturated rings. The highest BCUT2D eigenvalue weighted by atomic mass is 16.2. The van der Waals surface area contributed by atoms with Gasteiger partial charge in [0.05, 0.1) is 6.54 Å². The number of carbonyl (C=O) groups is 1. The number of nitrogens with zero attached hydrogens (tertiary/aromatic N) is 5. The predicted molar refractivity (Wildman–Crippen MR) is 124 cm³/mol. The Morgan fingerprint density at radius 1 is 0.839 bits per heavy atom. The lowest BCUT2D eigenvalue weighted by Gasteiger charge is -2.36. The number of carbonyl (C=O) groups excluding carboxylic acids is 1. The molecule has 5 rings (SSSR count). The first-order valence-electron chi connectivity index (χ1n) is 11.3. The summed E-state index contributed by atoms with van der Waals surface area (Å²) >= 11 is 0. The molecule has 0 N–H and O–H groups in total. The molecule has 160 valence electrons. The molecule has 2 aromatic carbocycles. The molecule has 2 aliphatic rings. The van der Waals surface area contributed by atoms with Gasteiger partial charge in [0, 0.05) is 42.5 Å². The highest BCUT2D eigenvalue weighted by molar-refractivity contribution is 6.00. The summed E-state index contributed by atoms with van der Waals surface area (Å²) < 4.78 is 0. The van der Waals surface area contributed by atoms with Crippen molar-refractivity contribution in [2.75, 3.05) is 50.7 Å². The van der Waals surface area contributed by atoms with Crippen LogP contribution in [0.25, 0.3) is 22.0 Å². The molecule has 3 aromatic rings. The van der Waals surface area contributed by atoms with Gasteiger partial charge in [0.25, 0.3) is 0 Å². The molecule has 0 aliphatic carbocycles. The van der Waals surface area contributed by atoms with Crippen molar-refractivity contribution in [1.82, 2.24) is 20.0 Å². The fourth-order valence-electron chi connectivity index (χ4n) is 4.65. The fraction of sp³-hybridized carbons (Fsp3) is 0.400. The lowest BCUT2D eigenvalue weighted by Crippen LogP contribution is -2.51. The van der Waals surface area contributed by atoms with E-state index >= 15 is 0 Å². The van der Waals surface area contributed by atoms with Gasteiger partial charge in [0.2, 0.25) is 5.91 Å². The average molecular weight is 416 g/mol. The maximum atomic E-state index is 12.7. The van der Waals surface area contributed by atoms with Gasteiger partial charge >= 0.3 is 0 Å². The molecule has 0 spiro atoms. The highest BCUT2D eigenvalue weighted by Gasteiger charge is 2.25. The highest BCUT2D eigenvalue weighted by Crippen LogP contribution is 2.31. The minimum Gasteiger partial charge on any atom is -0.351 e. The smallest absolute Gasteiger partial charge is 0.236 e. The van der Waals surface area contributed by atoms with Crippen molar-refractivity contribution in [2.24, 2.45) is 0 Å². The van der Waals surface area contributed by atoms with Gasteiger partial charge in [-0.1, -0.05) is 54.1 Å². The van der Waals surface area contributed by atoms with Gasteiger partial charge in [-0.05, 0) is 32.9 Å². The SMILES string of the molecule is Cc1ccc(-c2nnc(N3CCN(C(=O)CN4CCCC4)CC3)c3ccccc23)cc1. The topological polar surface area (TPSA) is 52.6 Å². The summed E-state index contributed by atoms with van der Waals surface area (Å²) in [6, 6.07) is 16.8. The second-order valence-corrected chi connectivity index (χ2v) is 8.63. The Hall–Kier alpha value is -2.99. The predicted octanol–water partition coefficient (Wildman–Crippen LogP) is 3.35. The lowest BCUT2D eigenvalue weighted by atomic mass is 10.0. The number of piperazine rings is 1. The molecule has 0 saturated carbocycles. The molecule has 0 radical (unpaired) electrons. The molecular weight excluding hydrogens is 386 g/mol. The Morgan fingerprint density at radius 2 is 1.52 bits per heavy atom. The van der Waals surface area contributed by atoms with Crippen molar-refractivity contribution in [2.45, 2.75) is 19.8 Å². The van der Waals surface area contributed by atoms with E-state index < -0.39 is 0 Å². The number of hydrogen-bond donors (Lipinski definition) is 0. The molecule has 1 aromatic heterocycles. The fourth-order valence-corrected chi connectivity index (χ4v) is 4.65. The molecular formula is C25H29N5O. The van der Waals surface area contributed by atoms with E-state index in [9.17, 15) is 4.79 Å². The first-order valence-corrected chi connectivity index (χ1v) is 11.3. The summed E-state index contributed by atoms with van der Waals surface area (Å²) in [7, 11) is 0. The van der Waals surface area contributed by atoms with Crippen molar-refractivity contribution in [1.29, 1.82) is 0 Å². The normalized spacial score (nSPS) is 17.5. The second kappa shape index (κ2) is 8.63. The molecule has 6 nitrogen and oxygen atoms in total. The number of likely N-dealkylation sites (tertiary alicyclic amines) is 1. The minimum absolute atomic E-state index is 0.257. The Kier molecular flexibility index (Phi) is 5.55. The zero-order chi connectivity index (χ0) is 21.2. The molecule has 31 heavy (non-hydrogen) atoms. The Balaban J connectivity index is 1.35. The first kappa shape index (κ1) is 19.9. The van der Waals surface area contributed by atoms with Crippen LogP contribution in [0.1, 0.15) is 18.4 Å². The third-order valence-corrected chi connectivity index (χ3v) is 6.48. The Morgan fingerprint density at radius 3 is 2.23 bits per heavy atom. The van der Waals surface area contributed by atoms with E-state index in [1.165, 1.54) is 18.4 Å². The van der Waals surface area contributed by atoms with Crippen molar-refractivity contribution in [3.8, 4) is 11.3 Å². The van der Waals surface area contributed by atoms with Gasteiger partial charge in [0.1, 0.15) is 5.69 Å². The minimum atomic E-state index is 0.257. The van der Waals surface area contributed by atoms with E-state index in [0.717, 1.165) is 67.1 Å². The van der Waals surface area contributed by atoms with Gasteiger partial charge < -0.3 is 9.80 Å². The lowest BCUT2D eigenvalue weighted by molar-refractivity contribution is -0.132. The van der Waals surface area contributed by atoms with Gasteiger partial charge in [0.15, 0.2) is 5.82 Å². The number of amides is 1. The number of hydrogen-bond acceptors (Lipinski definition) is 5.